The fourth-order valence-electron chi connectivity index (χ4n) is 2.32. The monoisotopic (exact) mass is 324 g/mol. The summed E-state index contributed by atoms with van der Waals surface area (Å²) in [6, 6.07) is 14.9. The second-order valence-corrected chi connectivity index (χ2v) is 5.16. The third-order valence-electron chi connectivity index (χ3n) is 3.53. The Morgan fingerprint density at radius 2 is 1.83 bits per heavy atom. The Hall–Kier alpha value is -3.28. The Balaban J connectivity index is 1.56. The van der Waals surface area contributed by atoms with Gasteiger partial charge in [-0.1, -0.05) is 36.4 Å². The number of rotatable bonds is 4. The number of hydrazine groups is 1. The summed E-state index contributed by atoms with van der Waals surface area (Å²) >= 11 is 0. The average Bonchev–Trinajstić information content (AvgIpc) is 3.04. The van der Waals surface area contributed by atoms with Gasteiger partial charge in [-0.05, 0) is 24.4 Å². The van der Waals surface area contributed by atoms with Gasteiger partial charge in [-0.15, -0.1) is 0 Å². The molecule has 6 nitrogen and oxygen atoms in total. The number of carbonyl (C=O) groups excluding carboxylic acids is 2. The summed E-state index contributed by atoms with van der Waals surface area (Å²) in [5.41, 5.74) is 5.00. The predicted octanol–water partition coefficient (Wildman–Crippen LogP) is 2.58. The first-order valence-electron chi connectivity index (χ1n) is 7.39. The summed E-state index contributed by atoms with van der Waals surface area (Å²) in [6.07, 6.45) is 1.41. The highest BCUT2D eigenvalue weighted by molar-refractivity contribution is 5.96. The molecule has 3 rings (SSSR count). The Bertz CT molecular complexity index is 880. The van der Waals surface area contributed by atoms with Gasteiger partial charge in [0.25, 0.3) is 11.8 Å². The zero-order valence-corrected chi connectivity index (χ0v) is 13.0. The molecule has 0 radical (unpaired) electrons. The van der Waals surface area contributed by atoms with Crippen molar-refractivity contribution in [3.8, 4) is 5.75 Å². The highest BCUT2D eigenvalue weighted by atomic mass is 16.5. The van der Waals surface area contributed by atoms with Crippen molar-refractivity contribution >= 4 is 22.6 Å². The normalized spacial score (nSPS) is 10.4. The minimum atomic E-state index is -0.461. The number of nitrogens with one attached hydrogen (secondary N) is 2. The molecule has 0 spiro atoms. The largest absolute Gasteiger partial charge is 0.483 e. The Morgan fingerprint density at radius 1 is 1.04 bits per heavy atom. The van der Waals surface area contributed by atoms with E-state index in [1.165, 1.54) is 12.3 Å². The number of aryl methyl sites for hydroxylation is 1. The van der Waals surface area contributed by atoms with Crippen molar-refractivity contribution in [1.82, 2.24) is 10.9 Å². The molecule has 3 aromatic rings. The van der Waals surface area contributed by atoms with Gasteiger partial charge in [0, 0.05) is 5.39 Å². The van der Waals surface area contributed by atoms with Crippen LogP contribution < -0.4 is 15.6 Å². The van der Waals surface area contributed by atoms with Gasteiger partial charge in [-0.2, -0.15) is 0 Å². The molecule has 0 unspecified atom stereocenters. The maximum Gasteiger partial charge on any atom is 0.276 e. The van der Waals surface area contributed by atoms with Gasteiger partial charge in [0.15, 0.2) is 6.61 Å². The molecule has 0 fully saturated rings. The molecule has 2 N–H and O–H groups in total. The van der Waals surface area contributed by atoms with Gasteiger partial charge >= 0.3 is 0 Å². The lowest BCUT2D eigenvalue weighted by molar-refractivity contribution is -0.123. The number of furan rings is 1. The third kappa shape index (κ3) is 3.38. The van der Waals surface area contributed by atoms with Crippen LogP contribution >= 0.6 is 0 Å². The third-order valence-corrected chi connectivity index (χ3v) is 3.53. The highest BCUT2D eigenvalue weighted by Crippen LogP contribution is 2.24. The lowest BCUT2D eigenvalue weighted by Gasteiger charge is -2.10. The van der Waals surface area contributed by atoms with Crippen molar-refractivity contribution in [2.45, 2.75) is 6.92 Å². The number of hydrogen-bond acceptors (Lipinski definition) is 4. The number of hydrogen-bond donors (Lipinski definition) is 2. The van der Waals surface area contributed by atoms with Gasteiger partial charge in [0.05, 0.1) is 11.8 Å². The lowest BCUT2D eigenvalue weighted by atomic mass is 10.1. The minimum absolute atomic E-state index is 0.210. The first kappa shape index (κ1) is 15.6. The van der Waals surface area contributed by atoms with Crippen molar-refractivity contribution in [3.63, 3.8) is 0 Å². The molecular weight excluding hydrogens is 308 g/mol. The predicted molar refractivity (Wildman–Crippen MR) is 88.5 cm³/mol. The molecule has 0 aliphatic carbocycles. The van der Waals surface area contributed by atoms with Gasteiger partial charge < -0.3 is 9.15 Å². The van der Waals surface area contributed by atoms with Crippen LogP contribution in [0.25, 0.3) is 10.8 Å². The van der Waals surface area contributed by atoms with E-state index < -0.39 is 11.8 Å². The molecule has 1 aromatic heterocycles. The second-order valence-electron chi connectivity index (χ2n) is 5.16. The van der Waals surface area contributed by atoms with E-state index in [-0.39, 0.29) is 6.61 Å². The van der Waals surface area contributed by atoms with E-state index in [1.807, 2.05) is 36.4 Å². The van der Waals surface area contributed by atoms with E-state index in [1.54, 1.807) is 13.0 Å². The molecule has 0 aliphatic heterocycles. The molecular formula is C18H16N2O4. The van der Waals surface area contributed by atoms with Crippen LogP contribution in [-0.2, 0) is 4.79 Å². The molecule has 1 heterocycles. The number of amides is 2. The van der Waals surface area contributed by atoms with E-state index in [0.29, 0.717) is 17.1 Å². The fraction of sp³-hybridized carbons (Fsp3) is 0.111. The van der Waals surface area contributed by atoms with Gasteiger partial charge in [-0.25, -0.2) is 0 Å². The standard InChI is InChI=1S/C18H16N2O4/c1-12-14(9-10-23-12)18(22)20-19-17(21)11-24-16-8-4-6-13-5-2-3-7-15(13)16/h2-10H,11H2,1H3,(H,19,21)(H,20,22). The maximum absolute atomic E-state index is 11.9. The molecule has 0 aliphatic rings. The summed E-state index contributed by atoms with van der Waals surface area (Å²) in [6.45, 7) is 1.46. The van der Waals surface area contributed by atoms with Gasteiger partial charge in [0.1, 0.15) is 11.5 Å². The van der Waals surface area contributed by atoms with Crippen molar-refractivity contribution in [2.75, 3.05) is 6.61 Å². The van der Waals surface area contributed by atoms with Gasteiger partial charge in [0.2, 0.25) is 0 Å². The fourth-order valence-corrected chi connectivity index (χ4v) is 2.32. The van der Waals surface area contributed by atoms with Crippen molar-refractivity contribution in [2.24, 2.45) is 0 Å². The molecule has 122 valence electrons. The van der Waals surface area contributed by atoms with Crippen LogP contribution in [0.5, 0.6) is 5.75 Å². The topological polar surface area (TPSA) is 80.6 Å². The first-order chi connectivity index (χ1) is 11.6. The Labute approximate surface area is 138 Å². The zero-order chi connectivity index (χ0) is 16.9. The van der Waals surface area contributed by atoms with Gasteiger partial charge in [-0.3, -0.25) is 20.4 Å². The minimum Gasteiger partial charge on any atom is -0.483 e. The van der Waals surface area contributed by atoms with Crippen molar-refractivity contribution in [3.05, 3.63) is 66.1 Å². The van der Waals surface area contributed by atoms with E-state index >= 15 is 0 Å². The molecule has 0 atom stereocenters. The van der Waals surface area contributed by atoms with E-state index in [2.05, 4.69) is 10.9 Å². The van der Waals surface area contributed by atoms with E-state index in [9.17, 15) is 9.59 Å². The summed E-state index contributed by atoms with van der Waals surface area (Å²) in [5.74, 6) is 0.186. The van der Waals surface area contributed by atoms with Crippen LogP contribution in [0.4, 0.5) is 0 Å². The number of carbonyl (C=O) groups is 2. The van der Waals surface area contributed by atoms with Crippen LogP contribution in [0, 0.1) is 6.92 Å². The molecule has 0 saturated carbocycles. The Kier molecular flexibility index (Phi) is 4.47. The molecule has 2 amide bonds. The quantitative estimate of drug-likeness (QED) is 0.723. The van der Waals surface area contributed by atoms with E-state index in [0.717, 1.165) is 10.8 Å². The lowest BCUT2D eigenvalue weighted by Crippen LogP contribution is -2.43. The summed E-state index contributed by atoms with van der Waals surface area (Å²) in [4.78, 5) is 23.7. The SMILES string of the molecule is Cc1occc1C(=O)NNC(=O)COc1cccc2ccccc12. The van der Waals surface area contributed by atoms with Crippen LogP contribution in [0.3, 0.4) is 0 Å². The van der Waals surface area contributed by atoms with Crippen LogP contribution in [0.15, 0.2) is 59.2 Å². The second kappa shape index (κ2) is 6.87. The first-order valence-corrected chi connectivity index (χ1v) is 7.39. The molecule has 0 saturated heterocycles. The number of benzene rings is 2. The highest BCUT2D eigenvalue weighted by Gasteiger charge is 2.12. The number of ether oxygens (including phenoxy) is 1. The zero-order valence-electron chi connectivity index (χ0n) is 13.0. The summed E-state index contributed by atoms with van der Waals surface area (Å²) in [7, 11) is 0. The number of fused-ring (bicyclic) bond motifs is 1. The smallest absolute Gasteiger partial charge is 0.276 e. The summed E-state index contributed by atoms with van der Waals surface area (Å²) in [5, 5.41) is 1.95. The molecule has 2 aromatic carbocycles. The average molecular weight is 324 g/mol. The maximum atomic E-state index is 11.9. The van der Waals surface area contributed by atoms with E-state index in [4.69, 9.17) is 9.15 Å². The van der Waals surface area contributed by atoms with Crippen LogP contribution in [-0.4, -0.2) is 18.4 Å². The molecule has 6 heteroatoms. The van der Waals surface area contributed by atoms with Crippen LogP contribution in [0.2, 0.25) is 0 Å². The van der Waals surface area contributed by atoms with Crippen molar-refractivity contribution in [1.29, 1.82) is 0 Å². The van der Waals surface area contributed by atoms with Crippen LogP contribution in [0.1, 0.15) is 16.1 Å². The van der Waals surface area contributed by atoms with Crippen molar-refractivity contribution < 1.29 is 18.7 Å². The summed E-state index contributed by atoms with van der Waals surface area (Å²) < 4.78 is 10.6. The molecule has 0 bridgehead atoms. The molecule has 24 heavy (non-hydrogen) atoms. The Morgan fingerprint density at radius 3 is 2.62 bits per heavy atom.